The fourth-order valence-corrected chi connectivity index (χ4v) is 3.33. The summed E-state index contributed by atoms with van der Waals surface area (Å²) in [6.07, 6.45) is -11.5. The summed E-state index contributed by atoms with van der Waals surface area (Å²) in [5, 5.41) is 80.4. The number of amidine groups is 1. The van der Waals surface area contributed by atoms with Crippen LogP contribution in [0.1, 0.15) is 0 Å². The molecule has 0 aromatic rings. The first kappa shape index (κ1) is 18.7. The Hall–Kier alpha value is -1.09. The summed E-state index contributed by atoms with van der Waals surface area (Å²) < 4.78 is 10.5. The van der Waals surface area contributed by atoms with E-state index in [1.165, 1.54) is 0 Å². The quantitative estimate of drug-likeness (QED) is 0.230. The minimum Gasteiger partial charge on any atom is -0.457 e. The highest BCUT2D eigenvalue weighted by Gasteiger charge is 2.63. The third-order valence-corrected chi connectivity index (χ3v) is 4.91. The van der Waals surface area contributed by atoms with Gasteiger partial charge < -0.3 is 55.6 Å². The van der Waals surface area contributed by atoms with Gasteiger partial charge in [0.15, 0.2) is 12.3 Å². The lowest BCUT2D eigenvalue weighted by molar-refractivity contribution is -0.233. The number of fused-ring (bicyclic) bond motifs is 1. The van der Waals surface area contributed by atoms with Crippen molar-refractivity contribution in [2.75, 3.05) is 13.2 Å². The number of aliphatic imine (C=N–C) groups is 1. The van der Waals surface area contributed by atoms with Crippen molar-refractivity contribution < 1.29 is 50.3 Å². The summed E-state index contributed by atoms with van der Waals surface area (Å²) in [6.45, 7) is -1.48. The number of aliphatic hydroxyl groups is 8. The molecule has 10 atom stereocenters. The van der Waals surface area contributed by atoms with Crippen LogP contribution in [0.15, 0.2) is 4.99 Å². The molecule has 0 radical (unpaired) electrons. The average Bonchev–Trinajstić information content (AvgIpc) is 3.10. The van der Waals surface area contributed by atoms with Crippen molar-refractivity contribution in [3.63, 3.8) is 0 Å². The van der Waals surface area contributed by atoms with Crippen molar-refractivity contribution in [1.29, 1.82) is 0 Å². The van der Waals surface area contributed by atoms with Crippen LogP contribution in [0.4, 0.5) is 0 Å². The van der Waals surface area contributed by atoms with Gasteiger partial charge in [-0.3, -0.25) is 0 Å². The minimum atomic E-state index is -2.11. The second kappa shape index (κ2) is 6.57. The molecule has 1 saturated heterocycles. The molecule has 0 unspecified atom stereocenters. The molecule has 12 nitrogen and oxygen atoms in total. The van der Waals surface area contributed by atoms with E-state index in [4.69, 9.17) is 14.6 Å². The maximum absolute atomic E-state index is 10.3. The van der Waals surface area contributed by atoms with E-state index < -0.39 is 73.8 Å². The van der Waals surface area contributed by atoms with E-state index in [1.807, 2.05) is 0 Å². The maximum atomic E-state index is 10.3. The van der Waals surface area contributed by atoms with Crippen LogP contribution < -0.4 is 5.32 Å². The molecule has 25 heavy (non-hydrogen) atoms. The van der Waals surface area contributed by atoms with E-state index >= 15 is 0 Å². The third kappa shape index (κ3) is 2.79. The first-order chi connectivity index (χ1) is 11.7. The lowest BCUT2D eigenvalue weighted by atomic mass is 9.97. The van der Waals surface area contributed by atoms with Crippen LogP contribution in [-0.4, -0.2) is 121 Å². The number of nitrogens with zero attached hydrogens (tertiary/aromatic N) is 1. The summed E-state index contributed by atoms with van der Waals surface area (Å²) in [5.74, 6) is 0. The highest BCUT2D eigenvalue weighted by molar-refractivity contribution is 5.76. The molecule has 1 saturated carbocycles. The predicted octanol–water partition coefficient (Wildman–Crippen LogP) is -6.04. The monoisotopic (exact) mass is 366 g/mol. The molecule has 0 bridgehead atoms. The number of aliphatic hydroxyl groups excluding tert-OH is 7. The van der Waals surface area contributed by atoms with Gasteiger partial charge in [0, 0.05) is 0 Å². The lowest BCUT2D eigenvalue weighted by Gasteiger charge is -2.40. The number of hydrogen-bond donors (Lipinski definition) is 9. The van der Waals surface area contributed by atoms with Gasteiger partial charge in [-0.05, 0) is 0 Å². The van der Waals surface area contributed by atoms with Crippen molar-refractivity contribution in [1.82, 2.24) is 5.32 Å². The molecule has 0 aromatic heterocycles. The van der Waals surface area contributed by atoms with Crippen LogP contribution in [0.2, 0.25) is 0 Å². The van der Waals surface area contributed by atoms with Crippen molar-refractivity contribution >= 4 is 6.02 Å². The molecule has 0 aromatic carbocycles. The molecule has 3 aliphatic rings. The molecular weight excluding hydrogens is 344 g/mol. The van der Waals surface area contributed by atoms with Gasteiger partial charge in [-0.2, -0.15) is 0 Å². The Morgan fingerprint density at radius 1 is 1.00 bits per heavy atom. The molecule has 2 heterocycles. The molecule has 12 heteroatoms. The topological polar surface area (TPSA) is 205 Å². The van der Waals surface area contributed by atoms with Gasteiger partial charge in [-0.15, -0.1) is 0 Å². The molecule has 144 valence electrons. The number of hydrogen-bond acceptors (Lipinski definition) is 12. The van der Waals surface area contributed by atoms with Crippen LogP contribution in [0.25, 0.3) is 0 Å². The molecule has 0 spiro atoms. The number of rotatable bonds is 3. The SMILES string of the molecule is OC[C@H]1O[C@H](NC2=N[C@H]3[C@@H](O2)[C@H](O)[C@@H](O)[C@@]3(O)CO)[C@H](O)[C@@H](O)[C@@H]1O. The van der Waals surface area contributed by atoms with Crippen LogP contribution >= 0.6 is 0 Å². The van der Waals surface area contributed by atoms with Crippen molar-refractivity contribution in [2.45, 2.75) is 60.6 Å². The van der Waals surface area contributed by atoms with Gasteiger partial charge in [0.05, 0.1) is 13.2 Å². The van der Waals surface area contributed by atoms with Crippen molar-refractivity contribution in [2.24, 2.45) is 4.99 Å². The van der Waals surface area contributed by atoms with Crippen LogP contribution in [0.5, 0.6) is 0 Å². The van der Waals surface area contributed by atoms with Crippen LogP contribution in [0, 0.1) is 0 Å². The number of nitrogens with one attached hydrogen (secondary N) is 1. The highest BCUT2D eigenvalue weighted by Crippen LogP contribution is 2.38. The normalized spacial score (nSPS) is 52.5. The van der Waals surface area contributed by atoms with Crippen LogP contribution in [0.3, 0.4) is 0 Å². The van der Waals surface area contributed by atoms with Gasteiger partial charge in [0.25, 0.3) is 6.02 Å². The van der Waals surface area contributed by atoms with Crippen molar-refractivity contribution in [3.05, 3.63) is 0 Å². The highest BCUT2D eigenvalue weighted by atomic mass is 16.6. The Morgan fingerprint density at radius 2 is 1.68 bits per heavy atom. The van der Waals surface area contributed by atoms with Crippen molar-refractivity contribution in [3.8, 4) is 0 Å². The standard InChI is InChI=1S/C13H22N2O10/c16-1-3-4(18)5(19)6(20)11(24-3)15-12-14-9-8(25-12)7(21)10(22)13(9,23)2-17/h3-11,16-23H,1-2H2,(H,14,15)/t3-,4-,5+,6-,7+,8+,9+,10-,11+,13-/m1/s1. The Kier molecular flexibility index (Phi) is 4.91. The largest absolute Gasteiger partial charge is 0.457 e. The Labute approximate surface area is 141 Å². The van der Waals surface area contributed by atoms with E-state index in [0.717, 1.165) is 0 Å². The fraction of sp³-hybridized carbons (Fsp3) is 0.923. The first-order valence-electron chi connectivity index (χ1n) is 7.75. The molecule has 2 fully saturated rings. The molecule has 3 rings (SSSR count). The zero-order valence-electron chi connectivity index (χ0n) is 13.0. The lowest BCUT2D eigenvalue weighted by Crippen LogP contribution is -2.63. The van der Waals surface area contributed by atoms with Gasteiger partial charge in [0.1, 0.15) is 48.3 Å². The molecule has 0 amide bonds. The van der Waals surface area contributed by atoms with E-state index in [0.29, 0.717) is 0 Å². The predicted molar refractivity (Wildman–Crippen MR) is 77.0 cm³/mol. The molecular formula is C13H22N2O10. The Bertz CT molecular complexity index is 533. The Morgan fingerprint density at radius 3 is 2.28 bits per heavy atom. The molecule has 1 aliphatic carbocycles. The molecule has 2 aliphatic heterocycles. The summed E-state index contributed by atoms with van der Waals surface area (Å²) >= 11 is 0. The van der Waals surface area contributed by atoms with Gasteiger partial charge in [-0.1, -0.05) is 0 Å². The zero-order chi connectivity index (χ0) is 18.5. The smallest absolute Gasteiger partial charge is 0.287 e. The average molecular weight is 366 g/mol. The van der Waals surface area contributed by atoms with Crippen LogP contribution in [-0.2, 0) is 9.47 Å². The van der Waals surface area contributed by atoms with Gasteiger partial charge in [0.2, 0.25) is 0 Å². The third-order valence-electron chi connectivity index (χ3n) is 4.91. The van der Waals surface area contributed by atoms with Gasteiger partial charge >= 0.3 is 0 Å². The summed E-state index contributed by atoms with van der Waals surface area (Å²) in [4.78, 5) is 3.95. The second-order valence-electron chi connectivity index (χ2n) is 6.44. The second-order valence-corrected chi connectivity index (χ2v) is 6.44. The van der Waals surface area contributed by atoms with Gasteiger partial charge in [-0.25, -0.2) is 4.99 Å². The maximum Gasteiger partial charge on any atom is 0.287 e. The van der Waals surface area contributed by atoms with E-state index in [2.05, 4.69) is 10.3 Å². The minimum absolute atomic E-state index is 0.267. The summed E-state index contributed by atoms with van der Waals surface area (Å²) in [7, 11) is 0. The first-order valence-corrected chi connectivity index (χ1v) is 7.75. The van der Waals surface area contributed by atoms with E-state index in [-0.39, 0.29) is 6.02 Å². The fourth-order valence-electron chi connectivity index (χ4n) is 3.33. The van der Waals surface area contributed by atoms with E-state index in [9.17, 15) is 35.7 Å². The summed E-state index contributed by atoms with van der Waals surface area (Å²) in [6, 6.07) is -1.44. The zero-order valence-corrected chi connectivity index (χ0v) is 13.0. The molecule has 9 N–H and O–H groups in total. The Balaban J connectivity index is 1.74. The van der Waals surface area contributed by atoms with E-state index in [1.54, 1.807) is 0 Å². The number of ether oxygens (including phenoxy) is 2. The summed E-state index contributed by atoms with van der Waals surface area (Å²) in [5.41, 5.74) is -2.11.